The van der Waals surface area contributed by atoms with Gasteiger partial charge in [0.2, 0.25) is 0 Å². The summed E-state index contributed by atoms with van der Waals surface area (Å²) in [6.07, 6.45) is 3.13. The van der Waals surface area contributed by atoms with Gasteiger partial charge in [-0.3, -0.25) is 0 Å². The molecule has 0 saturated heterocycles. The lowest BCUT2D eigenvalue weighted by Gasteiger charge is -2.17. The van der Waals surface area contributed by atoms with Gasteiger partial charge in [0.1, 0.15) is 15.9 Å². The van der Waals surface area contributed by atoms with Crippen molar-refractivity contribution in [1.82, 2.24) is 14.5 Å². The van der Waals surface area contributed by atoms with Gasteiger partial charge in [0.25, 0.3) is 0 Å². The van der Waals surface area contributed by atoms with E-state index >= 15 is 0 Å². The molecule has 0 N–H and O–H groups in total. The van der Waals surface area contributed by atoms with Crippen LogP contribution in [0.4, 0.5) is 0 Å². The van der Waals surface area contributed by atoms with Crippen molar-refractivity contribution in [3.8, 4) is 0 Å². The van der Waals surface area contributed by atoms with Crippen molar-refractivity contribution in [2.75, 3.05) is 0 Å². The van der Waals surface area contributed by atoms with Crippen LogP contribution in [0, 0.1) is 6.92 Å². The number of rotatable bonds is 2. The third-order valence-corrected chi connectivity index (χ3v) is 5.56. The molecule has 2 heterocycles. The molecular formula is C18H17Br2N3. The second-order valence-corrected chi connectivity index (χ2v) is 7.81. The summed E-state index contributed by atoms with van der Waals surface area (Å²) in [7, 11) is 0. The Morgan fingerprint density at radius 2 is 2.04 bits per heavy atom. The lowest BCUT2D eigenvalue weighted by molar-refractivity contribution is 0.566. The maximum absolute atomic E-state index is 4.88. The standard InChI is InChI=1S/C18H17Br2N3/c1-3-16-22-17-10(2)8-15(20)21-18(17)23(16)14-7-4-11-9-12(19)5-6-13(11)14/h5-6,8-9,14H,3-4,7H2,1-2H3. The summed E-state index contributed by atoms with van der Waals surface area (Å²) in [6.45, 7) is 4.27. The first-order chi connectivity index (χ1) is 11.1. The SMILES string of the molecule is CCc1nc2c(C)cc(Br)nc2n1C1CCc2cc(Br)ccc21. The predicted molar refractivity (Wildman–Crippen MR) is 99.9 cm³/mol. The van der Waals surface area contributed by atoms with E-state index in [1.165, 1.54) is 16.7 Å². The topological polar surface area (TPSA) is 30.7 Å². The van der Waals surface area contributed by atoms with Crippen LogP contribution in [-0.4, -0.2) is 14.5 Å². The third-order valence-electron chi connectivity index (χ3n) is 4.66. The minimum absolute atomic E-state index is 0.333. The minimum Gasteiger partial charge on any atom is -0.305 e. The maximum Gasteiger partial charge on any atom is 0.162 e. The summed E-state index contributed by atoms with van der Waals surface area (Å²) in [4.78, 5) is 9.63. The van der Waals surface area contributed by atoms with Gasteiger partial charge in [-0.15, -0.1) is 0 Å². The van der Waals surface area contributed by atoms with Gasteiger partial charge in [-0.05, 0) is 70.6 Å². The Bertz CT molecular complexity index is 914. The molecule has 1 unspecified atom stereocenters. The molecule has 118 valence electrons. The monoisotopic (exact) mass is 433 g/mol. The highest BCUT2D eigenvalue weighted by Crippen LogP contribution is 2.38. The van der Waals surface area contributed by atoms with E-state index in [0.29, 0.717) is 6.04 Å². The third kappa shape index (κ3) is 2.45. The van der Waals surface area contributed by atoms with E-state index in [9.17, 15) is 0 Å². The van der Waals surface area contributed by atoms with Gasteiger partial charge in [-0.25, -0.2) is 9.97 Å². The fourth-order valence-electron chi connectivity index (χ4n) is 3.63. The second-order valence-electron chi connectivity index (χ2n) is 6.08. The Balaban J connectivity index is 1.97. The molecular weight excluding hydrogens is 418 g/mol. The average molecular weight is 435 g/mol. The van der Waals surface area contributed by atoms with Crippen molar-refractivity contribution in [2.45, 2.75) is 39.2 Å². The van der Waals surface area contributed by atoms with E-state index in [0.717, 1.165) is 45.3 Å². The Morgan fingerprint density at radius 1 is 1.22 bits per heavy atom. The lowest BCUT2D eigenvalue weighted by atomic mass is 10.1. The highest BCUT2D eigenvalue weighted by atomic mass is 79.9. The van der Waals surface area contributed by atoms with E-state index in [-0.39, 0.29) is 0 Å². The molecule has 3 aromatic rings. The quantitative estimate of drug-likeness (QED) is 0.508. The van der Waals surface area contributed by atoms with Crippen molar-refractivity contribution in [2.24, 2.45) is 0 Å². The summed E-state index contributed by atoms with van der Waals surface area (Å²) in [5.41, 5.74) is 6.02. The van der Waals surface area contributed by atoms with Crippen molar-refractivity contribution in [3.05, 3.63) is 55.9 Å². The summed E-state index contributed by atoms with van der Waals surface area (Å²) in [5, 5.41) is 0. The van der Waals surface area contributed by atoms with Gasteiger partial charge >= 0.3 is 0 Å². The molecule has 1 aromatic carbocycles. The van der Waals surface area contributed by atoms with Crippen molar-refractivity contribution < 1.29 is 0 Å². The van der Waals surface area contributed by atoms with Crippen LogP contribution in [-0.2, 0) is 12.8 Å². The average Bonchev–Trinajstić information content (AvgIpc) is 3.07. The van der Waals surface area contributed by atoms with E-state index in [4.69, 9.17) is 9.97 Å². The summed E-state index contributed by atoms with van der Waals surface area (Å²) in [6, 6.07) is 9.00. The maximum atomic E-state index is 4.88. The van der Waals surface area contributed by atoms with Gasteiger partial charge in [-0.1, -0.05) is 28.9 Å². The van der Waals surface area contributed by atoms with Crippen LogP contribution in [0.5, 0.6) is 0 Å². The molecule has 1 aliphatic rings. The number of hydrogen-bond acceptors (Lipinski definition) is 2. The Labute approximate surface area is 152 Å². The van der Waals surface area contributed by atoms with Gasteiger partial charge in [0.15, 0.2) is 5.65 Å². The number of benzene rings is 1. The number of pyridine rings is 1. The van der Waals surface area contributed by atoms with E-state index < -0.39 is 0 Å². The molecule has 0 spiro atoms. The molecule has 0 saturated carbocycles. The Hall–Kier alpha value is -1.20. The number of imidazole rings is 1. The van der Waals surface area contributed by atoms with Crippen LogP contribution >= 0.6 is 31.9 Å². The molecule has 2 aromatic heterocycles. The largest absolute Gasteiger partial charge is 0.305 e. The highest BCUT2D eigenvalue weighted by molar-refractivity contribution is 9.10. The van der Waals surface area contributed by atoms with Crippen LogP contribution in [0.1, 0.15) is 41.9 Å². The normalized spacial score (nSPS) is 17.0. The predicted octanol–water partition coefficient (Wildman–Crippen LogP) is 5.36. The number of aryl methyl sites for hydroxylation is 3. The first-order valence-corrected chi connectivity index (χ1v) is 9.49. The molecule has 1 aliphatic carbocycles. The summed E-state index contributed by atoms with van der Waals surface area (Å²) >= 11 is 7.12. The van der Waals surface area contributed by atoms with Crippen molar-refractivity contribution in [3.63, 3.8) is 0 Å². The minimum atomic E-state index is 0.333. The zero-order chi connectivity index (χ0) is 16.1. The molecule has 4 rings (SSSR count). The lowest BCUT2D eigenvalue weighted by Crippen LogP contribution is -2.11. The number of nitrogens with zero attached hydrogens (tertiary/aromatic N) is 3. The molecule has 1 atom stereocenters. The molecule has 0 aliphatic heterocycles. The zero-order valence-corrected chi connectivity index (χ0v) is 16.3. The Kier molecular flexibility index (Phi) is 3.81. The number of aromatic nitrogens is 3. The smallest absolute Gasteiger partial charge is 0.162 e. The number of halogens is 2. The van der Waals surface area contributed by atoms with Gasteiger partial charge in [-0.2, -0.15) is 0 Å². The molecule has 0 radical (unpaired) electrons. The summed E-state index contributed by atoms with van der Waals surface area (Å²) in [5.74, 6) is 1.12. The summed E-state index contributed by atoms with van der Waals surface area (Å²) < 4.78 is 4.38. The van der Waals surface area contributed by atoms with Crippen LogP contribution in [0.15, 0.2) is 33.3 Å². The van der Waals surface area contributed by atoms with Crippen molar-refractivity contribution in [1.29, 1.82) is 0 Å². The van der Waals surface area contributed by atoms with E-state index in [2.05, 4.69) is 68.5 Å². The molecule has 5 heteroatoms. The molecule has 3 nitrogen and oxygen atoms in total. The molecule has 0 bridgehead atoms. The fourth-order valence-corrected chi connectivity index (χ4v) is 4.55. The molecule has 0 amide bonds. The van der Waals surface area contributed by atoms with Gasteiger partial charge in [0, 0.05) is 10.9 Å². The molecule has 23 heavy (non-hydrogen) atoms. The van der Waals surface area contributed by atoms with Gasteiger partial charge < -0.3 is 4.57 Å². The van der Waals surface area contributed by atoms with Crippen LogP contribution in [0.2, 0.25) is 0 Å². The van der Waals surface area contributed by atoms with Gasteiger partial charge in [0.05, 0.1) is 6.04 Å². The van der Waals surface area contributed by atoms with Crippen LogP contribution in [0.3, 0.4) is 0 Å². The highest BCUT2D eigenvalue weighted by Gasteiger charge is 2.28. The van der Waals surface area contributed by atoms with E-state index in [1.54, 1.807) is 0 Å². The van der Waals surface area contributed by atoms with Crippen LogP contribution < -0.4 is 0 Å². The van der Waals surface area contributed by atoms with Crippen molar-refractivity contribution >= 4 is 43.0 Å². The van der Waals surface area contributed by atoms with Crippen LogP contribution in [0.25, 0.3) is 11.2 Å². The first-order valence-electron chi connectivity index (χ1n) is 7.90. The number of fused-ring (bicyclic) bond motifs is 2. The zero-order valence-electron chi connectivity index (χ0n) is 13.1. The molecule has 0 fully saturated rings. The second kappa shape index (κ2) is 5.71. The fraction of sp³-hybridized carbons (Fsp3) is 0.333. The van der Waals surface area contributed by atoms with E-state index in [1.807, 2.05) is 6.07 Å². The number of hydrogen-bond donors (Lipinski definition) is 0. The Morgan fingerprint density at radius 3 is 2.83 bits per heavy atom. The first kappa shape index (κ1) is 15.3.